The topological polar surface area (TPSA) is 55.4 Å². The van der Waals surface area contributed by atoms with Gasteiger partial charge in [0.25, 0.3) is 5.91 Å². The number of benzene rings is 2. The Morgan fingerprint density at radius 1 is 1.04 bits per heavy atom. The number of rotatable bonds is 7. The van der Waals surface area contributed by atoms with Crippen molar-refractivity contribution in [3.05, 3.63) is 65.7 Å². The van der Waals surface area contributed by atoms with Crippen molar-refractivity contribution in [3.63, 3.8) is 0 Å². The Morgan fingerprint density at radius 3 is 2.33 bits per heavy atom. The Balaban J connectivity index is 2.13. The van der Waals surface area contributed by atoms with Crippen molar-refractivity contribution in [1.82, 2.24) is 0 Å². The Hall–Kier alpha value is -2.62. The number of carbonyl (C=O) groups excluding carboxylic acids is 2. The summed E-state index contributed by atoms with van der Waals surface area (Å²) in [4.78, 5) is 24.6. The average Bonchev–Trinajstić information content (AvgIpc) is 2.60. The molecule has 0 radical (unpaired) electrons. The number of carbonyl (C=O) groups is 2. The van der Waals surface area contributed by atoms with Gasteiger partial charge in [-0.05, 0) is 25.5 Å². The average molecular weight is 325 g/mol. The van der Waals surface area contributed by atoms with Crippen LogP contribution in [0.4, 0.5) is 5.69 Å². The number of ether oxygens (including phenoxy) is 1. The quantitative estimate of drug-likeness (QED) is 0.767. The number of hydrogen-bond acceptors (Lipinski definition) is 3. The zero-order valence-electron chi connectivity index (χ0n) is 14.1. The van der Waals surface area contributed by atoms with E-state index < -0.39 is 6.10 Å². The number of aryl methyl sites for hydroxylation is 1. The lowest BCUT2D eigenvalue weighted by atomic mass is 10.1. The van der Waals surface area contributed by atoms with Crippen LogP contribution in [0.15, 0.2) is 54.6 Å². The van der Waals surface area contributed by atoms with Gasteiger partial charge in [0.15, 0.2) is 0 Å². The van der Waals surface area contributed by atoms with Gasteiger partial charge in [0.05, 0.1) is 0 Å². The number of hydrogen-bond donors (Lipinski definition) is 1. The van der Waals surface area contributed by atoms with Crippen molar-refractivity contribution in [2.24, 2.45) is 0 Å². The maximum atomic E-state index is 12.6. The zero-order chi connectivity index (χ0) is 17.4. The van der Waals surface area contributed by atoms with E-state index in [0.29, 0.717) is 17.7 Å². The van der Waals surface area contributed by atoms with E-state index in [1.807, 2.05) is 56.3 Å². The van der Waals surface area contributed by atoms with E-state index in [2.05, 4.69) is 5.32 Å². The summed E-state index contributed by atoms with van der Waals surface area (Å²) >= 11 is 0. The predicted octanol–water partition coefficient (Wildman–Crippen LogP) is 4.41. The zero-order valence-corrected chi connectivity index (χ0v) is 14.1. The molecule has 2 aromatic rings. The molecule has 0 aliphatic carbocycles. The van der Waals surface area contributed by atoms with Gasteiger partial charge in [-0.25, -0.2) is 0 Å². The molecule has 0 aromatic heterocycles. The molecule has 0 fully saturated rings. The van der Waals surface area contributed by atoms with E-state index in [1.165, 1.54) is 0 Å². The van der Waals surface area contributed by atoms with Crippen LogP contribution in [-0.2, 0) is 14.3 Å². The summed E-state index contributed by atoms with van der Waals surface area (Å²) < 4.78 is 5.45. The van der Waals surface area contributed by atoms with Gasteiger partial charge in [-0.3, -0.25) is 9.59 Å². The van der Waals surface area contributed by atoms with E-state index in [0.717, 1.165) is 18.4 Å². The maximum absolute atomic E-state index is 12.6. The molecule has 24 heavy (non-hydrogen) atoms. The third-order valence-electron chi connectivity index (χ3n) is 3.64. The number of esters is 1. The fraction of sp³-hybridized carbons (Fsp3) is 0.300. The Labute approximate surface area is 142 Å². The minimum atomic E-state index is -0.947. The normalized spacial score (nSPS) is 11.6. The monoisotopic (exact) mass is 325 g/mol. The minimum absolute atomic E-state index is 0.317. The third-order valence-corrected chi connectivity index (χ3v) is 3.64. The van der Waals surface area contributed by atoms with Gasteiger partial charge >= 0.3 is 5.97 Å². The van der Waals surface area contributed by atoms with Crippen molar-refractivity contribution < 1.29 is 14.3 Å². The van der Waals surface area contributed by atoms with Crippen molar-refractivity contribution in [1.29, 1.82) is 0 Å². The molecule has 1 atom stereocenters. The summed E-state index contributed by atoms with van der Waals surface area (Å²) in [6.07, 6.45) is 1.02. The van der Waals surface area contributed by atoms with Gasteiger partial charge in [0, 0.05) is 17.7 Å². The first kappa shape index (κ1) is 17.7. The van der Waals surface area contributed by atoms with Crippen LogP contribution >= 0.6 is 0 Å². The number of unbranched alkanes of at least 4 members (excludes halogenated alkanes) is 1. The molecule has 0 heterocycles. The predicted molar refractivity (Wildman–Crippen MR) is 94.6 cm³/mol. The molecule has 0 aliphatic rings. The molecule has 0 aliphatic heterocycles. The number of amides is 1. The van der Waals surface area contributed by atoms with Gasteiger partial charge < -0.3 is 10.1 Å². The van der Waals surface area contributed by atoms with E-state index in [4.69, 9.17) is 4.74 Å². The Bertz CT molecular complexity index is 665. The van der Waals surface area contributed by atoms with Crippen LogP contribution in [0, 0.1) is 6.92 Å². The van der Waals surface area contributed by atoms with Crippen molar-refractivity contribution in [2.75, 3.05) is 5.32 Å². The van der Waals surface area contributed by atoms with Crippen molar-refractivity contribution in [3.8, 4) is 0 Å². The minimum Gasteiger partial charge on any atom is -0.447 e. The van der Waals surface area contributed by atoms with Crippen molar-refractivity contribution in [2.45, 2.75) is 39.2 Å². The molecule has 2 aromatic carbocycles. The summed E-state index contributed by atoms with van der Waals surface area (Å²) in [5, 5.41) is 2.81. The van der Waals surface area contributed by atoms with E-state index in [9.17, 15) is 9.59 Å². The lowest BCUT2D eigenvalue weighted by Gasteiger charge is -2.18. The van der Waals surface area contributed by atoms with E-state index in [1.54, 1.807) is 12.1 Å². The fourth-order valence-electron chi connectivity index (χ4n) is 2.26. The molecule has 1 N–H and O–H groups in total. The molecule has 0 unspecified atom stereocenters. The van der Waals surface area contributed by atoms with E-state index in [-0.39, 0.29) is 11.9 Å². The van der Waals surface area contributed by atoms with Gasteiger partial charge in [-0.1, -0.05) is 61.4 Å². The summed E-state index contributed by atoms with van der Waals surface area (Å²) in [6.45, 7) is 3.99. The highest BCUT2D eigenvalue weighted by molar-refractivity contribution is 5.96. The second kappa shape index (κ2) is 8.87. The number of anilines is 1. The third kappa shape index (κ3) is 5.23. The van der Waals surface area contributed by atoms with Crippen LogP contribution in [0.25, 0.3) is 0 Å². The smallest absolute Gasteiger partial charge is 0.306 e. The summed E-state index contributed by atoms with van der Waals surface area (Å²) in [5.41, 5.74) is 2.45. The molecule has 0 bridgehead atoms. The molecular weight excluding hydrogens is 302 g/mol. The molecule has 2 rings (SSSR count). The van der Waals surface area contributed by atoms with Crippen LogP contribution in [0.2, 0.25) is 0 Å². The van der Waals surface area contributed by atoms with Crippen LogP contribution in [0.1, 0.15) is 43.4 Å². The van der Waals surface area contributed by atoms with Crippen molar-refractivity contribution >= 4 is 17.6 Å². The van der Waals surface area contributed by atoms with Crippen LogP contribution in [-0.4, -0.2) is 11.9 Å². The highest BCUT2D eigenvalue weighted by Gasteiger charge is 2.24. The lowest BCUT2D eigenvalue weighted by Crippen LogP contribution is -2.25. The second-order valence-corrected chi connectivity index (χ2v) is 5.74. The molecule has 0 saturated heterocycles. The second-order valence-electron chi connectivity index (χ2n) is 5.74. The largest absolute Gasteiger partial charge is 0.447 e. The fourth-order valence-corrected chi connectivity index (χ4v) is 2.26. The summed E-state index contributed by atoms with van der Waals surface area (Å²) in [6, 6.07) is 16.6. The molecule has 0 saturated carbocycles. The molecule has 4 nitrogen and oxygen atoms in total. The first-order chi connectivity index (χ1) is 11.6. The maximum Gasteiger partial charge on any atom is 0.306 e. The van der Waals surface area contributed by atoms with Crippen LogP contribution in [0.5, 0.6) is 0 Å². The van der Waals surface area contributed by atoms with Crippen LogP contribution in [0.3, 0.4) is 0 Å². The van der Waals surface area contributed by atoms with Gasteiger partial charge in [-0.2, -0.15) is 0 Å². The van der Waals surface area contributed by atoms with Gasteiger partial charge in [0.1, 0.15) is 0 Å². The van der Waals surface area contributed by atoms with Gasteiger partial charge in [0.2, 0.25) is 6.10 Å². The lowest BCUT2D eigenvalue weighted by molar-refractivity contribution is -0.154. The summed E-state index contributed by atoms with van der Waals surface area (Å²) in [5.74, 6) is -0.709. The highest BCUT2D eigenvalue weighted by Crippen LogP contribution is 2.21. The van der Waals surface area contributed by atoms with E-state index >= 15 is 0 Å². The Morgan fingerprint density at radius 2 is 1.71 bits per heavy atom. The Kier molecular flexibility index (Phi) is 6.55. The molecule has 4 heteroatoms. The molecular formula is C20H23NO3. The first-order valence-corrected chi connectivity index (χ1v) is 8.22. The molecule has 1 amide bonds. The first-order valence-electron chi connectivity index (χ1n) is 8.22. The SMILES string of the molecule is CCCCC(=O)O[C@H](C(=O)Nc1ccc(C)cc1)c1ccccc1. The number of nitrogens with one attached hydrogen (secondary N) is 1. The standard InChI is InChI=1S/C20H23NO3/c1-3-4-10-18(22)24-19(16-8-6-5-7-9-16)20(23)21-17-13-11-15(2)12-14-17/h5-9,11-14,19H,3-4,10H2,1-2H3,(H,21,23)/t19-/m0/s1. The molecule has 0 spiro atoms. The highest BCUT2D eigenvalue weighted by atomic mass is 16.5. The summed E-state index contributed by atoms with van der Waals surface area (Å²) in [7, 11) is 0. The molecule has 126 valence electrons. The van der Waals surface area contributed by atoms with Crippen LogP contribution < -0.4 is 5.32 Å². The van der Waals surface area contributed by atoms with Gasteiger partial charge in [-0.15, -0.1) is 0 Å².